The largest absolute Gasteiger partial charge is 0.329 e. The molecule has 0 aliphatic rings. The first-order valence-corrected chi connectivity index (χ1v) is 6.32. The molecule has 0 heterocycles. The van der Waals surface area contributed by atoms with Gasteiger partial charge in [0.15, 0.2) is 0 Å². The van der Waals surface area contributed by atoms with E-state index < -0.39 is 0 Å². The van der Waals surface area contributed by atoms with Crippen molar-refractivity contribution in [2.75, 3.05) is 6.54 Å². The lowest BCUT2D eigenvalue weighted by atomic mass is 10.0. The molecule has 1 aromatic rings. The number of hydrogen-bond acceptors (Lipinski definition) is 2. The molecule has 0 spiro atoms. The molecule has 0 saturated carbocycles. The highest BCUT2D eigenvalue weighted by molar-refractivity contribution is 5.14. The van der Waals surface area contributed by atoms with Crippen LogP contribution in [0.25, 0.3) is 0 Å². The summed E-state index contributed by atoms with van der Waals surface area (Å²) in [4.78, 5) is 0. The Balaban J connectivity index is 1.96. The fourth-order valence-electron chi connectivity index (χ4n) is 1.85. The highest BCUT2D eigenvalue weighted by Crippen LogP contribution is 2.09. The second-order valence-corrected chi connectivity index (χ2v) is 4.43. The maximum atomic E-state index is 5.75. The third-order valence-electron chi connectivity index (χ3n) is 2.94. The SMILES string of the molecule is NCC(N)CCCCCCc1ccccc1. The Kier molecular flexibility index (Phi) is 6.86. The van der Waals surface area contributed by atoms with Gasteiger partial charge in [0, 0.05) is 12.6 Å². The fraction of sp³-hybridized carbons (Fsp3) is 0.571. The molecule has 0 fully saturated rings. The van der Waals surface area contributed by atoms with Gasteiger partial charge in [-0.15, -0.1) is 0 Å². The highest BCUT2D eigenvalue weighted by Gasteiger charge is 1.98. The molecule has 1 rings (SSSR count). The number of benzene rings is 1. The maximum absolute atomic E-state index is 5.75. The van der Waals surface area contributed by atoms with E-state index in [1.165, 1.54) is 37.7 Å². The summed E-state index contributed by atoms with van der Waals surface area (Å²) in [5.74, 6) is 0. The fourth-order valence-corrected chi connectivity index (χ4v) is 1.85. The average Bonchev–Trinajstić information content (AvgIpc) is 2.34. The standard InChI is InChI=1S/C14H24N2/c15-12-14(16)11-7-2-1-4-8-13-9-5-3-6-10-13/h3,5-6,9-10,14H,1-2,4,7-8,11-12,15-16H2. The molecule has 2 heteroatoms. The molecule has 90 valence electrons. The predicted molar refractivity (Wildman–Crippen MR) is 70.3 cm³/mol. The molecule has 0 bridgehead atoms. The van der Waals surface area contributed by atoms with E-state index in [2.05, 4.69) is 30.3 Å². The van der Waals surface area contributed by atoms with Crippen LogP contribution in [-0.2, 0) is 6.42 Å². The summed E-state index contributed by atoms with van der Waals surface area (Å²) >= 11 is 0. The molecule has 16 heavy (non-hydrogen) atoms. The van der Waals surface area contributed by atoms with E-state index in [0.29, 0.717) is 6.54 Å². The number of hydrogen-bond donors (Lipinski definition) is 2. The Morgan fingerprint density at radius 1 is 0.938 bits per heavy atom. The van der Waals surface area contributed by atoms with E-state index in [9.17, 15) is 0 Å². The van der Waals surface area contributed by atoms with E-state index in [4.69, 9.17) is 11.5 Å². The van der Waals surface area contributed by atoms with Crippen LogP contribution in [0.15, 0.2) is 30.3 Å². The van der Waals surface area contributed by atoms with Crippen molar-refractivity contribution in [1.82, 2.24) is 0 Å². The summed E-state index contributed by atoms with van der Waals surface area (Å²) in [6.07, 6.45) is 7.34. The van der Waals surface area contributed by atoms with Crippen molar-refractivity contribution < 1.29 is 0 Å². The number of unbranched alkanes of at least 4 members (excludes halogenated alkanes) is 3. The van der Waals surface area contributed by atoms with Crippen LogP contribution in [0.2, 0.25) is 0 Å². The van der Waals surface area contributed by atoms with Crippen LogP contribution in [0.5, 0.6) is 0 Å². The summed E-state index contributed by atoms with van der Waals surface area (Å²) in [6, 6.07) is 10.9. The van der Waals surface area contributed by atoms with Crippen LogP contribution in [0, 0.1) is 0 Å². The van der Waals surface area contributed by atoms with Crippen LogP contribution in [0.4, 0.5) is 0 Å². The van der Waals surface area contributed by atoms with Gasteiger partial charge in [0.2, 0.25) is 0 Å². The van der Waals surface area contributed by atoms with Gasteiger partial charge in [-0.2, -0.15) is 0 Å². The first-order chi connectivity index (χ1) is 7.83. The van der Waals surface area contributed by atoms with Gasteiger partial charge >= 0.3 is 0 Å². The first kappa shape index (κ1) is 13.2. The topological polar surface area (TPSA) is 52.0 Å². The van der Waals surface area contributed by atoms with Gasteiger partial charge in [-0.1, -0.05) is 49.6 Å². The second-order valence-electron chi connectivity index (χ2n) is 4.43. The minimum Gasteiger partial charge on any atom is -0.329 e. The Hall–Kier alpha value is -0.860. The molecule has 0 aromatic heterocycles. The van der Waals surface area contributed by atoms with Crippen molar-refractivity contribution in [3.8, 4) is 0 Å². The quantitative estimate of drug-likeness (QED) is 0.661. The summed E-state index contributed by atoms with van der Waals surface area (Å²) in [6.45, 7) is 0.615. The summed E-state index contributed by atoms with van der Waals surface area (Å²) in [7, 11) is 0. The molecule has 0 aliphatic heterocycles. The molecule has 0 amide bonds. The van der Waals surface area contributed by atoms with Gasteiger partial charge in [0.25, 0.3) is 0 Å². The van der Waals surface area contributed by atoms with E-state index in [0.717, 1.165) is 6.42 Å². The van der Waals surface area contributed by atoms with Crippen molar-refractivity contribution in [2.45, 2.75) is 44.6 Å². The third-order valence-corrected chi connectivity index (χ3v) is 2.94. The smallest absolute Gasteiger partial charge is 0.0163 e. The minimum absolute atomic E-state index is 0.203. The van der Waals surface area contributed by atoms with Crippen LogP contribution >= 0.6 is 0 Å². The molecule has 2 nitrogen and oxygen atoms in total. The normalized spacial score (nSPS) is 12.6. The lowest BCUT2D eigenvalue weighted by Crippen LogP contribution is -2.29. The van der Waals surface area contributed by atoms with Crippen LogP contribution < -0.4 is 11.5 Å². The minimum atomic E-state index is 0.203. The highest BCUT2D eigenvalue weighted by atomic mass is 14.7. The van der Waals surface area contributed by atoms with Crippen molar-refractivity contribution in [3.63, 3.8) is 0 Å². The lowest BCUT2D eigenvalue weighted by molar-refractivity contribution is 0.547. The predicted octanol–water partition coefficient (Wildman–Crippen LogP) is 2.47. The average molecular weight is 220 g/mol. The van der Waals surface area contributed by atoms with Gasteiger partial charge in [0.05, 0.1) is 0 Å². The molecule has 4 N–H and O–H groups in total. The van der Waals surface area contributed by atoms with E-state index >= 15 is 0 Å². The zero-order chi connectivity index (χ0) is 11.6. The Morgan fingerprint density at radius 2 is 1.62 bits per heavy atom. The molecule has 0 aliphatic carbocycles. The van der Waals surface area contributed by atoms with Crippen LogP contribution in [0.3, 0.4) is 0 Å². The second kappa shape index (κ2) is 8.31. The molecule has 1 aromatic carbocycles. The van der Waals surface area contributed by atoms with Gasteiger partial charge < -0.3 is 11.5 Å². The van der Waals surface area contributed by atoms with Crippen LogP contribution in [-0.4, -0.2) is 12.6 Å². The molecular formula is C14H24N2. The summed E-state index contributed by atoms with van der Waals surface area (Å²) in [5, 5.41) is 0. The zero-order valence-electron chi connectivity index (χ0n) is 10.1. The lowest BCUT2D eigenvalue weighted by Gasteiger charge is -2.07. The van der Waals surface area contributed by atoms with Gasteiger partial charge in [-0.25, -0.2) is 0 Å². The van der Waals surface area contributed by atoms with Crippen molar-refractivity contribution in [3.05, 3.63) is 35.9 Å². The summed E-state index contributed by atoms with van der Waals surface area (Å²) < 4.78 is 0. The summed E-state index contributed by atoms with van der Waals surface area (Å²) in [5.41, 5.74) is 12.7. The van der Waals surface area contributed by atoms with Gasteiger partial charge in [-0.3, -0.25) is 0 Å². The third kappa shape index (κ3) is 5.89. The Bertz CT molecular complexity index is 259. The molecular weight excluding hydrogens is 196 g/mol. The van der Waals surface area contributed by atoms with Crippen molar-refractivity contribution in [2.24, 2.45) is 11.5 Å². The monoisotopic (exact) mass is 220 g/mol. The molecule has 0 radical (unpaired) electrons. The maximum Gasteiger partial charge on any atom is 0.0163 e. The van der Waals surface area contributed by atoms with Crippen molar-refractivity contribution >= 4 is 0 Å². The first-order valence-electron chi connectivity index (χ1n) is 6.32. The van der Waals surface area contributed by atoms with Crippen molar-refractivity contribution in [1.29, 1.82) is 0 Å². The van der Waals surface area contributed by atoms with E-state index in [1.807, 2.05) is 0 Å². The van der Waals surface area contributed by atoms with Gasteiger partial charge in [0.1, 0.15) is 0 Å². The number of nitrogens with two attached hydrogens (primary N) is 2. The number of rotatable bonds is 8. The molecule has 1 unspecified atom stereocenters. The number of aryl methyl sites for hydroxylation is 1. The van der Waals surface area contributed by atoms with E-state index in [1.54, 1.807) is 0 Å². The Morgan fingerprint density at radius 3 is 2.31 bits per heavy atom. The molecule has 0 saturated heterocycles. The Labute approximate surface area is 99.0 Å². The van der Waals surface area contributed by atoms with Gasteiger partial charge in [-0.05, 0) is 24.8 Å². The zero-order valence-corrected chi connectivity index (χ0v) is 10.1. The van der Waals surface area contributed by atoms with E-state index in [-0.39, 0.29) is 6.04 Å². The van der Waals surface area contributed by atoms with Crippen LogP contribution in [0.1, 0.15) is 37.7 Å². The molecule has 1 atom stereocenters.